The lowest BCUT2D eigenvalue weighted by Gasteiger charge is -2.05. The van der Waals surface area contributed by atoms with E-state index in [1.54, 1.807) is 18.2 Å². The first kappa shape index (κ1) is 20.1. The van der Waals surface area contributed by atoms with E-state index in [4.69, 9.17) is 33.3 Å². The van der Waals surface area contributed by atoms with Gasteiger partial charge in [-0.3, -0.25) is 0 Å². The number of rotatable bonds is 4. The Hall–Kier alpha value is -2.22. The fraction of sp³-hybridized carbons (Fsp3) is 0. The molecule has 0 aliphatic rings. The Balaban J connectivity index is 1.92. The van der Waals surface area contributed by atoms with Gasteiger partial charge in [-0.25, -0.2) is 18.5 Å². The molecule has 4 nitrogen and oxygen atoms in total. The Kier molecular flexibility index (Phi) is 5.46. The molecule has 0 saturated carbocycles. The van der Waals surface area contributed by atoms with Crippen LogP contribution in [-0.4, -0.2) is 13.4 Å². The second kappa shape index (κ2) is 7.89. The topological polar surface area (TPSA) is 73.1 Å². The number of benzene rings is 3. The molecule has 0 amide bonds. The molecule has 3 aromatic carbocycles. The molecule has 0 atom stereocenters. The van der Waals surface area contributed by atoms with Crippen molar-refractivity contribution in [3.63, 3.8) is 0 Å². The number of hydrogen-bond donors (Lipinski definition) is 1. The molecule has 0 radical (unpaired) electrons. The standard InChI is InChI=1S/C21H14Cl2N2O2S2/c22-17-7-3-1-5-15(17)19-20(13-9-11-14(12-10-13)29(24,26)27)28-21(25-19)16-6-2-4-8-18(16)23/h1-12H,(H2,24,26,27). The summed E-state index contributed by atoms with van der Waals surface area (Å²) in [5.41, 5.74) is 3.12. The fourth-order valence-corrected chi connectivity index (χ4v) is 5.04. The predicted octanol–water partition coefficient (Wildman–Crippen LogP) is 6.10. The molecule has 8 heteroatoms. The fourth-order valence-electron chi connectivity index (χ4n) is 2.90. The lowest BCUT2D eigenvalue weighted by atomic mass is 10.1. The minimum atomic E-state index is -3.76. The molecule has 0 aliphatic heterocycles. The number of nitrogens with zero attached hydrogens (tertiary/aromatic N) is 1. The zero-order valence-corrected chi connectivity index (χ0v) is 18.0. The molecular formula is C21H14Cl2N2O2S2. The van der Waals surface area contributed by atoms with Crippen molar-refractivity contribution >= 4 is 44.6 Å². The highest BCUT2D eigenvalue weighted by molar-refractivity contribution is 7.89. The van der Waals surface area contributed by atoms with Crippen LogP contribution < -0.4 is 5.14 Å². The highest BCUT2D eigenvalue weighted by atomic mass is 35.5. The van der Waals surface area contributed by atoms with Crippen LogP contribution in [0, 0.1) is 0 Å². The summed E-state index contributed by atoms with van der Waals surface area (Å²) in [4.78, 5) is 5.73. The minimum absolute atomic E-state index is 0.0522. The maximum atomic E-state index is 11.6. The number of primary sulfonamides is 1. The molecule has 0 unspecified atom stereocenters. The number of thiazole rings is 1. The van der Waals surface area contributed by atoms with E-state index in [0.29, 0.717) is 15.7 Å². The Labute approximate surface area is 182 Å². The van der Waals surface area contributed by atoms with Crippen LogP contribution in [0.5, 0.6) is 0 Å². The average molecular weight is 461 g/mol. The third kappa shape index (κ3) is 4.08. The smallest absolute Gasteiger partial charge is 0.235 e. The number of aromatic nitrogens is 1. The van der Waals surface area contributed by atoms with Gasteiger partial charge in [-0.2, -0.15) is 0 Å². The first-order chi connectivity index (χ1) is 13.8. The first-order valence-corrected chi connectivity index (χ1v) is 11.6. The van der Waals surface area contributed by atoms with E-state index in [9.17, 15) is 8.42 Å². The van der Waals surface area contributed by atoms with Gasteiger partial charge < -0.3 is 0 Å². The van der Waals surface area contributed by atoms with Gasteiger partial charge in [-0.05, 0) is 29.8 Å². The second-order valence-corrected chi connectivity index (χ2v) is 9.60. The third-order valence-electron chi connectivity index (χ3n) is 4.31. The molecule has 0 fully saturated rings. The van der Waals surface area contributed by atoms with Crippen molar-refractivity contribution in [1.29, 1.82) is 0 Å². The lowest BCUT2D eigenvalue weighted by molar-refractivity contribution is 0.598. The average Bonchev–Trinajstić information content (AvgIpc) is 3.13. The molecule has 0 aliphatic carbocycles. The predicted molar refractivity (Wildman–Crippen MR) is 120 cm³/mol. The van der Waals surface area contributed by atoms with Gasteiger partial charge in [0.15, 0.2) is 0 Å². The van der Waals surface area contributed by atoms with E-state index in [1.165, 1.54) is 23.5 Å². The van der Waals surface area contributed by atoms with Gasteiger partial charge >= 0.3 is 0 Å². The van der Waals surface area contributed by atoms with Gasteiger partial charge in [0.1, 0.15) is 5.01 Å². The highest BCUT2D eigenvalue weighted by Crippen LogP contribution is 2.43. The summed E-state index contributed by atoms with van der Waals surface area (Å²) in [6.07, 6.45) is 0. The summed E-state index contributed by atoms with van der Waals surface area (Å²) in [6, 6.07) is 21.3. The summed E-state index contributed by atoms with van der Waals surface area (Å²) < 4.78 is 23.2. The van der Waals surface area contributed by atoms with Gasteiger partial charge in [0, 0.05) is 11.1 Å². The Bertz CT molecular complexity index is 1300. The molecule has 146 valence electrons. The summed E-state index contributed by atoms with van der Waals surface area (Å²) in [7, 11) is -3.76. The monoisotopic (exact) mass is 460 g/mol. The molecule has 2 N–H and O–H groups in total. The first-order valence-electron chi connectivity index (χ1n) is 8.48. The Morgan fingerprint density at radius 2 is 1.34 bits per heavy atom. The zero-order valence-electron chi connectivity index (χ0n) is 14.8. The zero-order chi connectivity index (χ0) is 20.6. The van der Waals surface area contributed by atoms with E-state index in [0.717, 1.165) is 26.6 Å². The number of nitrogens with two attached hydrogens (primary N) is 1. The van der Waals surface area contributed by atoms with Crippen LogP contribution in [0.15, 0.2) is 77.7 Å². The molecule has 0 saturated heterocycles. The SMILES string of the molecule is NS(=O)(=O)c1ccc(-c2sc(-c3ccccc3Cl)nc2-c2ccccc2Cl)cc1. The molecule has 4 aromatic rings. The second-order valence-electron chi connectivity index (χ2n) is 6.23. The summed E-state index contributed by atoms with van der Waals surface area (Å²) in [5, 5.41) is 7.13. The maximum absolute atomic E-state index is 11.6. The van der Waals surface area contributed by atoms with Crippen molar-refractivity contribution in [1.82, 2.24) is 4.98 Å². The largest absolute Gasteiger partial charge is 0.238 e. The lowest BCUT2D eigenvalue weighted by Crippen LogP contribution is -2.11. The Morgan fingerprint density at radius 3 is 1.90 bits per heavy atom. The van der Waals surface area contributed by atoms with E-state index in [-0.39, 0.29) is 4.90 Å². The molecule has 1 aromatic heterocycles. The van der Waals surface area contributed by atoms with Crippen molar-refractivity contribution in [3.8, 4) is 32.3 Å². The summed E-state index contributed by atoms with van der Waals surface area (Å²) >= 11 is 14.3. The van der Waals surface area contributed by atoms with Crippen LogP contribution in [0.25, 0.3) is 32.3 Å². The number of hydrogen-bond acceptors (Lipinski definition) is 4. The van der Waals surface area contributed by atoms with Gasteiger partial charge in [0.25, 0.3) is 0 Å². The van der Waals surface area contributed by atoms with E-state index in [2.05, 4.69) is 0 Å². The van der Waals surface area contributed by atoms with Crippen molar-refractivity contribution in [3.05, 3.63) is 82.8 Å². The van der Waals surface area contributed by atoms with Crippen molar-refractivity contribution < 1.29 is 8.42 Å². The van der Waals surface area contributed by atoms with E-state index in [1.807, 2.05) is 42.5 Å². The van der Waals surface area contributed by atoms with Gasteiger partial charge in [0.2, 0.25) is 10.0 Å². The van der Waals surface area contributed by atoms with Crippen molar-refractivity contribution in [2.24, 2.45) is 5.14 Å². The van der Waals surface area contributed by atoms with Gasteiger partial charge in [-0.15, -0.1) is 11.3 Å². The van der Waals surface area contributed by atoms with Crippen molar-refractivity contribution in [2.75, 3.05) is 0 Å². The van der Waals surface area contributed by atoms with Gasteiger partial charge in [-0.1, -0.05) is 71.7 Å². The number of halogens is 2. The summed E-state index contributed by atoms with van der Waals surface area (Å²) in [5.74, 6) is 0. The molecular weight excluding hydrogens is 447 g/mol. The summed E-state index contributed by atoms with van der Waals surface area (Å²) in [6.45, 7) is 0. The quantitative estimate of drug-likeness (QED) is 0.399. The molecule has 0 spiro atoms. The van der Waals surface area contributed by atoms with Crippen LogP contribution in [0.1, 0.15) is 0 Å². The normalized spacial score (nSPS) is 11.6. The highest BCUT2D eigenvalue weighted by Gasteiger charge is 2.19. The van der Waals surface area contributed by atoms with Crippen LogP contribution in [0.2, 0.25) is 10.0 Å². The molecule has 4 rings (SSSR count). The minimum Gasteiger partial charge on any atom is -0.235 e. The van der Waals surface area contributed by atoms with Gasteiger partial charge in [0.05, 0.1) is 25.5 Å². The Morgan fingerprint density at radius 1 is 0.793 bits per heavy atom. The molecule has 29 heavy (non-hydrogen) atoms. The van der Waals surface area contributed by atoms with Crippen LogP contribution in [0.4, 0.5) is 0 Å². The van der Waals surface area contributed by atoms with Crippen LogP contribution >= 0.6 is 34.5 Å². The molecule has 0 bridgehead atoms. The molecule has 1 heterocycles. The number of sulfonamides is 1. The van der Waals surface area contributed by atoms with Crippen LogP contribution in [-0.2, 0) is 10.0 Å². The van der Waals surface area contributed by atoms with Crippen molar-refractivity contribution in [2.45, 2.75) is 4.90 Å². The van der Waals surface area contributed by atoms with E-state index < -0.39 is 10.0 Å². The van der Waals surface area contributed by atoms with Crippen LogP contribution in [0.3, 0.4) is 0 Å². The third-order valence-corrected chi connectivity index (χ3v) is 7.03. The van der Waals surface area contributed by atoms with E-state index >= 15 is 0 Å². The maximum Gasteiger partial charge on any atom is 0.238 e.